The third-order valence-corrected chi connectivity index (χ3v) is 5.80. The second-order valence-electron chi connectivity index (χ2n) is 5.16. The minimum atomic E-state index is 0.0531. The zero-order valence-electron chi connectivity index (χ0n) is 12.2. The average molecular weight is 320 g/mol. The molecule has 5 heteroatoms. The van der Waals surface area contributed by atoms with Gasteiger partial charge in [-0.15, -0.1) is 23.5 Å². The molecule has 0 aliphatic heterocycles. The molecule has 1 amide bonds. The van der Waals surface area contributed by atoms with Gasteiger partial charge in [-0.2, -0.15) is 5.26 Å². The van der Waals surface area contributed by atoms with Crippen LogP contribution in [0.2, 0.25) is 0 Å². The molecule has 2 rings (SSSR count). The second kappa shape index (κ2) is 8.35. The Morgan fingerprint density at radius 3 is 2.71 bits per heavy atom. The summed E-state index contributed by atoms with van der Waals surface area (Å²) in [6, 6.07) is 10.5. The van der Waals surface area contributed by atoms with Crippen molar-refractivity contribution in [3.05, 3.63) is 24.3 Å². The Morgan fingerprint density at radius 2 is 2.05 bits per heavy atom. The highest BCUT2D eigenvalue weighted by Crippen LogP contribution is 2.36. The summed E-state index contributed by atoms with van der Waals surface area (Å²) in [4.78, 5) is 14.6. The summed E-state index contributed by atoms with van der Waals surface area (Å²) in [5.74, 6) is 1.53. The van der Waals surface area contributed by atoms with Crippen LogP contribution in [0.4, 0.5) is 0 Å². The predicted molar refractivity (Wildman–Crippen MR) is 88.4 cm³/mol. The number of amides is 1. The van der Waals surface area contributed by atoms with Gasteiger partial charge < -0.3 is 5.32 Å². The van der Waals surface area contributed by atoms with Crippen LogP contribution in [0.25, 0.3) is 0 Å². The summed E-state index contributed by atoms with van der Waals surface area (Å²) in [6.07, 6.45) is 5.25. The molecule has 1 fully saturated rings. The van der Waals surface area contributed by atoms with Gasteiger partial charge in [0.2, 0.25) is 5.91 Å². The molecule has 1 aliphatic carbocycles. The average Bonchev–Trinajstić information content (AvgIpc) is 2.99. The molecule has 3 nitrogen and oxygen atoms in total. The molecule has 0 spiro atoms. The van der Waals surface area contributed by atoms with Crippen LogP contribution in [0.5, 0.6) is 0 Å². The lowest BCUT2D eigenvalue weighted by Gasteiger charge is -2.18. The molecule has 112 valence electrons. The maximum absolute atomic E-state index is 12.0. The first-order valence-corrected chi connectivity index (χ1v) is 9.37. The summed E-state index contributed by atoms with van der Waals surface area (Å²) in [7, 11) is 0. The molecule has 0 saturated heterocycles. The molecule has 0 heterocycles. The van der Waals surface area contributed by atoms with Crippen molar-refractivity contribution in [2.45, 2.75) is 29.1 Å². The van der Waals surface area contributed by atoms with Gasteiger partial charge in [0.1, 0.15) is 6.54 Å². The topological polar surface area (TPSA) is 52.9 Å². The van der Waals surface area contributed by atoms with E-state index in [9.17, 15) is 4.79 Å². The van der Waals surface area contributed by atoms with E-state index >= 15 is 0 Å². The molecule has 0 radical (unpaired) electrons. The molecular weight excluding hydrogens is 300 g/mol. The Morgan fingerprint density at radius 1 is 1.33 bits per heavy atom. The molecule has 1 aromatic carbocycles. The monoisotopic (exact) mass is 320 g/mol. The van der Waals surface area contributed by atoms with Crippen LogP contribution in [0, 0.1) is 23.2 Å². The largest absolute Gasteiger partial charge is 0.343 e. The number of rotatable bonds is 6. The molecule has 1 saturated carbocycles. The maximum Gasteiger partial charge on any atom is 0.224 e. The van der Waals surface area contributed by atoms with Crippen molar-refractivity contribution in [3.8, 4) is 6.07 Å². The first kappa shape index (κ1) is 16.3. The first-order chi connectivity index (χ1) is 10.2. The Labute approximate surface area is 134 Å². The number of thioether (sulfide) groups is 2. The van der Waals surface area contributed by atoms with Crippen LogP contribution in [0.15, 0.2) is 34.1 Å². The molecule has 1 aromatic rings. The first-order valence-electron chi connectivity index (χ1n) is 7.16. The summed E-state index contributed by atoms with van der Waals surface area (Å²) in [6.45, 7) is 0.116. The Balaban J connectivity index is 1.86. The van der Waals surface area contributed by atoms with Gasteiger partial charge >= 0.3 is 0 Å². The van der Waals surface area contributed by atoms with E-state index in [4.69, 9.17) is 5.26 Å². The lowest BCUT2D eigenvalue weighted by Crippen LogP contribution is -2.33. The molecule has 1 N–H and O–H groups in total. The van der Waals surface area contributed by atoms with E-state index in [0.717, 1.165) is 25.0 Å². The quantitative estimate of drug-likeness (QED) is 0.643. The zero-order chi connectivity index (χ0) is 15.1. The van der Waals surface area contributed by atoms with Crippen molar-refractivity contribution in [2.75, 3.05) is 18.6 Å². The van der Waals surface area contributed by atoms with Crippen LogP contribution in [-0.2, 0) is 4.79 Å². The van der Waals surface area contributed by atoms with E-state index in [1.54, 1.807) is 11.8 Å². The van der Waals surface area contributed by atoms with Crippen molar-refractivity contribution >= 4 is 29.4 Å². The van der Waals surface area contributed by atoms with Crippen LogP contribution < -0.4 is 5.32 Å². The van der Waals surface area contributed by atoms with Gasteiger partial charge in [0, 0.05) is 21.5 Å². The van der Waals surface area contributed by atoms with E-state index in [1.165, 1.54) is 9.79 Å². The van der Waals surface area contributed by atoms with Crippen molar-refractivity contribution in [1.29, 1.82) is 5.26 Å². The molecule has 2 atom stereocenters. The fourth-order valence-corrected chi connectivity index (χ4v) is 4.26. The van der Waals surface area contributed by atoms with E-state index in [-0.39, 0.29) is 18.4 Å². The van der Waals surface area contributed by atoms with Gasteiger partial charge in [0.15, 0.2) is 0 Å². The smallest absolute Gasteiger partial charge is 0.224 e. The highest BCUT2D eigenvalue weighted by Gasteiger charge is 2.32. The normalized spacial score (nSPS) is 21.0. The minimum Gasteiger partial charge on any atom is -0.343 e. The number of nitrogens with zero attached hydrogens (tertiary/aromatic N) is 1. The zero-order valence-corrected chi connectivity index (χ0v) is 13.8. The number of hydrogen-bond donors (Lipinski definition) is 1. The highest BCUT2D eigenvalue weighted by atomic mass is 32.2. The van der Waals surface area contributed by atoms with Crippen molar-refractivity contribution in [1.82, 2.24) is 5.32 Å². The molecule has 1 aliphatic rings. The Hall–Kier alpha value is -1.12. The summed E-state index contributed by atoms with van der Waals surface area (Å²) >= 11 is 3.57. The van der Waals surface area contributed by atoms with E-state index in [2.05, 4.69) is 35.8 Å². The SMILES string of the molecule is CSc1ccc(SC[C@H]2CCC[C@@H]2C(=O)NCC#N)cc1. The third-order valence-electron chi connectivity index (χ3n) is 3.86. The summed E-state index contributed by atoms with van der Waals surface area (Å²) < 4.78 is 0. The predicted octanol–water partition coefficient (Wildman–Crippen LogP) is 3.56. The fourth-order valence-electron chi connectivity index (χ4n) is 2.71. The van der Waals surface area contributed by atoms with E-state index < -0.39 is 0 Å². The van der Waals surface area contributed by atoms with Gasteiger partial charge in [0.25, 0.3) is 0 Å². The third kappa shape index (κ3) is 4.69. The number of hydrogen-bond acceptors (Lipinski definition) is 4. The van der Waals surface area contributed by atoms with Crippen LogP contribution >= 0.6 is 23.5 Å². The van der Waals surface area contributed by atoms with Gasteiger partial charge in [-0.25, -0.2) is 0 Å². The second-order valence-corrected chi connectivity index (χ2v) is 7.13. The van der Waals surface area contributed by atoms with Gasteiger partial charge in [-0.3, -0.25) is 4.79 Å². The van der Waals surface area contributed by atoms with Crippen molar-refractivity contribution in [3.63, 3.8) is 0 Å². The fraction of sp³-hybridized carbons (Fsp3) is 0.500. The maximum atomic E-state index is 12.0. The highest BCUT2D eigenvalue weighted by molar-refractivity contribution is 7.99. The molecule has 21 heavy (non-hydrogen) atoms. The molecule has 0 bridgehead atoms. The number of nitrogens with one attached hydrogen (secondary N) is 1. The van der Waals surface area contributed by atoms with Crippen LogP contribution in [0.3, 0.4) is 0 Å². The van der Waals surface area contributed by atoms with Gasteiger partial charge in [-0.1, -0.05) is 6.42 Å². The molecule has 0 unspecified atom stereocenters. The number of carbonyl (C=O) groups is 1. The summed E-state index contributed by atoms with van der Waals surface area (Å²) in [5.41, 5.74) is 0. The Bertz CT molecular complexity index is 510. The minimum absolute atomic E-state index is 0.0531. The van der Waals surface area contributed by atoms with E-state index in [0.29, 0.717) is 5.92 Å². The van der Waals surface area contributed by atoms with Crippen molar-refractivity contribution in [2.24, 2.45) is 11.8 Å². The van der Waals surface area contributed by atoms with Crippen LogP contribution in [0.1, 0.15) is 19.3 Å². The van der Waals surface area contributed by atoms with Gasteiger partial charge in [-0.05, 0) is 49.3 Å². The van der Waals surface area contributed by atoms with Crippen LogP contribution in [-0.4, -0.2) is 24.5 Å². The number of carbonyl (C=O) groups excluding carboxylic acids is 1. The number of nitriles is 1. The standard InChI is InChI=1S/C16H20N2OS2/c1-20-13-5-7-14(8-6-13)21-11-12-3-2-4-15(12)16(19)18-10-9-17/h5-8,12,15H,2-4,10-11H2,1H3,(H,18,19)/t12-,15+/m1/s1. The Kier molecular flexibility index (Phi) is 6.47. The van der Waals surface area contributed by atoms with Crippen molar-refractivity contribution < 1.29 is 4.79 Å². The van der Waals surface area contributed by atoms with Gasteiger partial charge in [0.05, 0.1) is 6.07 Å². The number of benzene rings is 1. The van der Waals surface area contributed by atoms with E-state index in [1.807, 2.05) is 17.8 Å². The molecular formula is C16H20N2OS2. The molecule has 0 aromatic heterocycles. The lowest BCUT2D eigenvalue weighted by atomic mass is 9.97. The lowest BCUT2D eigenvalue weighted by molar-refractivity contribution is -0.125. The summed E-state index contributed by atoms with van der Waals surface area (Å²) in [5, 5.41) is 11.3.